The van der Waals surface area contributed by atoms with Crippen LogP contribution in [0.15, 0.2) is 65.1 Å². The maximum Gasteiger partial charge on any atom is 0.261 e. The van der Waals surface area contributed by atoms with Crippen molar-refractivity contribution in [2.45, 2.75) is 33.4 Å². The number of aryl methyl sites for hydroxylation is 1. The number of carbonyl (C=O) groups is 2. The monoisotopic (exact) mass is 482 g/mol. The van der Waals surface area contributed by atoms with Gasteiger partial charge in [0.05, 0.1) is 4.47 Å². The average Bonchev–Trinajstić information content (AvgIpc) is 2.78. The smallest absolute Gasteiger partial charge is 0.261 e. The maximum absolute atomic E-state index is 13.1. The summed E-state index contributed by atoms with van der Waals surface area (Å²) in [7, 11) is 0. The molecule has 31 heavy (non-hydrogen) atoms. The number of rotatable bonds is 8. The Morgan fingerprint density at radius 3 is 2.48 bits per heavy atom. The lowest BCUT2D eigenvalue weighted by Crippen LogP contribution is -2.49. The minimum atomic E-state index is -0.614. The molecule has 0 saturated carbocycles. The molecule has 0 aliphatic heterocycles. The first-order valence-corrected chi connectivity index (χ1v) is 11.1. The van der Waals surface area contributed by atoms with Gasteiger partial charge in [0.1, 0.15) is 11.8 Å². The number of hydrogen-bond donors (Lipinski definition) is 1. The molecule has 0 heterocycles. The highest BCUT2D eigenvalue weighted by Gasteiger charge is 2.26. The van der Waals surface area contributed by atoms with Crippen LogP contribution in [-0.2, 0) is 16.1 Å². The summed E-state index contributed by atoms with van der Waals surface area (Å²) in [6.45, 7) is 6.29. The van der Waals surface area contributed by atoms with Crippen molar-refractivity contribution in [1.82, 2.24) is 10.2 Å². The number of ether oxygens (including phenoxy) is 1. The minimum Gasteiger partial charge on any atom is -0.483 e. The number of nitrogens with zero attached hydrogens (tertiary/aromatic N) is 1. The number of carbonyl (C=O) groups excluding carboxylic acids is 2. The van der Waals surface area contributed by atoms with Gasteiger partial charge in [-0.05, 0) is 59.1 Å². The zero-order chi connectivity index (χ0) is 22.4. The predicted octanol–water partition coefficient (Wildman–Crippen LogP) is 4.84. The number of benzene rings is 3. The Labute approximate surface area is 191 Å². The highest BCUT2D eigenvalue weighted by atomic mass is 79.9. The van der Waals surface area contributed by atoms with Gasteiger partial charge >= 0.3 is 0 Å². The third-order valence-electron chi connectivity index (χ3n) is 5.17. The fraction of sp³-hybridized carbons (Fsp3) is 0.280. The summed E-state index contributed by atoms with van der Waals surface area (Å²) in [6, 6.07) is 19.1. The summed E-state index contributed by atoms with van der Waals surface area (Å²) >= 11 is 3.59. The van der Waals surface area contributed by atoms with E-state index in [2.05, 4.69) is 21.2 Å². The van der Waals surface area contributed by atoms with E-state index in [1.54, 1.807) is 11.8 Å². The van der Waals surface area contributed by atoms with E-state index >= 15 is 0 Å². The molecule has 162 valence electrons. The Bertz CT molecular complexity index is 1070. The lowest BCUT2D eigenvalue weighted by atomic mass is 10.1. The molecule has 0 aromatic heterocycles. The fourth-order valence-electron chi connectivity index (χ4n) is 3.34. The molecule has 1 N–H and O–H groups in total. The van der Waals surface area contributed by atoms with E-state index < -0.39 is 6.04 Å². The normalized spacial score (nSPS) is 11.7. The Kier molecular flexibility index (Phi) is 7.69. The second-order valence-corrected chi connectivity index (χ2v) is 8.26. The molecule has 0 bridgehead atoms. The molecule has 3 aromatic carbocycles. The largest absolute Gasteiger partial charge is 0.483 e. The zero-order valence-electron chi connectivity index (χ0n) is 18.0. The average molecular weight is 483 g/mol. The van der Waals surface area contributed by atoms with Crippen molar-refractivity contribution in [2.75, 3.05) is 13.2 Å². The van der Waals surface area contributed by atoms with Crippen LogP contribution in [0.5, 0.6) is 5.75 Å². The Morgan fingerprint density at radius 2 is 1.77 bits per heavy atom. The Balaban J connectivity index is 1.78. The van der Waals surface area contributed by atoms with E-state index in [0.717, 1.165) is 26.4 Å². The number of amides is 2. The molecule has 6 heteroatoms. The third-order valence-corrected chi connectivity index (χ3v) is 5.99. The van der Waals surface area contributed by atoms with Crippen LogP contribution < -0.4 is 10.1 Å². The first kappa shape index (κ1) is 22.8. The first-order chi connectivity index (χ1) is 14.9. The van der Waals surface area contributed by atoms with Gasteiger partial charge in [0.25, 0.3) is 5.91 Å². The molecule has 0 fully saturated rings. The number of hydrogen-bond acceptors (Lipinski definition) is 3. The number of fused-ring (bicyclic) bond motifs is 1. The van der Waals surface area contributed by atoms with Gasteiger partial charge in [0.15, 0.2) is 6.61 Å². The molecule has 3 rings (SSSR count). The van der Waals surface area contributed by atoms with Gasteiger partial charge in [-0.2, -0.15) is 0 Å². The second kappa shape index (κ2) is 10.4. The van der Waals surface area contributed by atoms with E-state index in [1.807, 2.05) is 74.5 Å². The summed E-state index contributed by atoms with van der Waals surface area (Å²) in [5.41, 5.74) is 2.10. The van der Waals surface area contributed by atoms with Crippen molar-refractivity contribution in [2.24, 2.45) is 0 Å². The van der Waals surface area contributed by atoms with Crippen LogP contribution in [0.25, 0.3) is 10.8 Å². The molecule has 0 saturated heterocycles. The van der Waals surface area contributed by atoms with Gasteiger partial charge in [-0.3, -0.25) is 9.59 Å². The summed E-state index contributed by atoms with van der Waals surface area (Å²) in [4.78, 5) is 27.1. The van der Waals surface area contributed by atoms with Crippen molar-refractivity contribution in [3.8, 4) is 5.75 Å². The van der Waals surface area contributed by atoms with Gasteiger partial charge in [-0.25, -0.2) is 0 Å². The predicted molar refractivity (Wildman–Crippen MR) is 127 cm³/mol. The fourth-order valence-corrected chi connectivity index (χ4v) is 3.95. The summed E-state index contributed by atoms with van der Waals surface area (Å²) < 4.78 is 6.67. The molecule has 0 spiro atoms. The molecular formula is C25H27BrN2O3. The Morgan fingerprint density at radius 1 is 1.06 bits per heavy atom. The summed E-state index contributed by atoms with van der Waals surface area (Å²) in [5.74, 6) is 0.155. The minimum absolute atomic E-state index is 0.160. The van der Waals surface area contributed by atoms with Crippen LogP contribution in [0.1, 0.15) is 25.0 Å². The molecule has 0 aliphatic carbocycles. The van der Waals surface area contributed by atoms with Crippen molar-refractivity contribution >= 4 is 38.5 Å². The standard InChI is InChI=1S/C25H27BrN2O3/c1-4-27-25(30)18(3)28(15-19-11-9-17(2)10-12-19)23(29)16-31-22-14-13-20-7-5-6-8-21(20)24(22)26/h5-14,18H,4,15-16H2,1-3H3,(H,27,30)/t18-/m1/s1. The van der Waals surface area contributed by atoms with E-state index in [0.29, 0.717) is 18.8 Å². The van der Waals surface area contributed by atoms with Gasteiger partial charge in [-0.1, -0.05) is 60.2 Å². The van der Waals surface area contributed by atoms with Gasteiger partial charge in [-0.15, -0.1) is 0 Å². The molecule has 2 amide bonds. The number of nitrogens with one attached hydrogen (secondary N) is 1. The molecule has 1 atom stereocenters. The number of halogens is 1. The lowest BCUT2D eigenvalue weighted by molar-refractivity contribution is -0.142. The molecule has 3 aromatic rings. The van der Waals surface area contributed by atoms with Crippen molar-refractivity contribution in [1.29, 1.82) is 0 Å². The van der Waals surface area contributed by atoms with Crippen LogP contribution in [0, 0.1) is 6.92 Å². The van der Waals surface area contributed by atoms with Crippen molar-refractivity contribution in [3.05, 3.63) is 76.3 Å². The first-order valence-electron chi connectivity index (χ1n) is 10.3. The van der Waals surface area contributed by atoms with Gasteiger partial charge < -0.3 is 15.0 Å². The van der Waals surface area contributed by atoms with E-state index in [1.165, 1.54) is 0 Å². The van der Waals surface area contributed by atoms with Gasteiger partial charge in [0.2, 0.25) is 5.91 Å². The van der Waals surface area contributed by atoms with Crippen LogP contribution in [0.2, 0.25) is 0 Å². The molecule has 0 unspecified atom stereocenters. The van der Waals surface area contributed by atoms with Crippen molar-refractivity contribution < 1.29 is 14.3 Å². The summed E-state index contributed by atoms with van der Waals surface area (Å²) in [6.07, 6.45) is 0. The Hall–Kier alpha value is -2.86. The molecule has 0 aliphatic rings. The number of likely N-dealkylation sites (N-methyl/N-ethyl adjacent to an activating group) is 1. The van der Waals surface area contributed by atoms with Crippen LogP contribution in [0.3, 0.4) is 0 Å². The zero-order valence-corrected chi connectivity index (χ0v) is 19.6. The SMILES string of the molecule is CCNC(=O)[C@@H](C)N(Cc1ccc(C)cc1)C(=O)COc1ccc2ccccc2c1Br. The van der Waals surface area contributed by atoms with E-state index in [4.69, 9.17) is 4.74 Å². The topological polar surface area (TPSA) is 58.6 Å². The van der Waals surface area contributed by atoms with Crippen LogP contribution in [0.4, 0.5) is 0 Å². The van der Waals surface area contributed by atoms with Gasteiger partial charge in [0, 0.05) is 13.1 Å². The van der Waals surface area contributed by atoms with Crippen LogP contribution in [-0.4, -0.2) is 35.9 Å². The maximum atomic E-state index is 13.1. The molecule has 0 radical (unpaired) electrons. The second-order valence-electron chi connectivity index (χ2n) is 7.47. The highest BCUT2D eigenvalue weighted by molar-refractivity contribution is 9.10. The quantitative estimate of drug-likeness (QED) is 0.499. The third kappa shape index (κ3) is 5.64. The van der Waals surface area contributed by atoms with Crippen LogP contribution >= 0.6 is 15.9 Å². The lowest BCUT2D eigenvalue weighted by Gasteiger charge is -2.28. The van der Waals surface area contributed by atoms with Crippen molar-refractivity contribution in [3.63, 3.8) is 0 Å². The summed E-state index contributed by atoms with van der Waals surface area (Å²) in [5, 5.41) is 4.89. The highest BCUT2D eigenvalue weighted by Crippen LogP contribution is 2.33. The van der Waals surface area contributed by atoms with E-state index in [9.17, 15) is 9.59 Å². The van der Waals surface area contributed by atoms with E-state index in [-0.39, 0.29) is 18.4 Å². The molecular weight excluding hydrogens is 456 g/mol. The molecule has 5 nitrogen and oxygen atoms in total.